The van der Waals surface area contributed by atoms with Gasteiger partial charge in [-0.15, -0.1) is 0 Å². The van der Waals surface area contributed by atoms with Crippen molar-refractivity contribution in [1.29, 1.82) is 0 Å². The first kappa shape index (κ1) is 7.06. The van der Waals surface area contributed by atoms with Gasteiger partial charge in [0.25, 0.3) is 0 Å². The Morgan fingerprint density at radius 1 is 1.44 bits per heavy atom. The molecule has 1 aliphatic heterocycles. The van der Waals surface area contributed by atoms with Crippen molar-refractivity contribution in [3.8, 4) is 0 Å². The lowest BCUT2D eigenvalue weighted by atomic mass is 10.3. The lowest BCUT2D eigenvalue weighted by molar-refractivity contribution is 0.561. The van der Waals surface area contributed by atoms with Crippen LogP contribution in [0, 0.1) is 0 Å². The summed E-state index contributed by atoms with van der Waals surface area (Å²) in [5.41, 5.74) is 1.56. The van der Waals surface area contributed by atoms with Crippen molar-refractivity contribution in [3.63, 3.8) is 0 Å². The molecule has 0 amide bonds. The number of halogens is 1. The van der Waals surface area contributed by atoms with Gasteiger partial charge in [-0.1, -0.05) is 17.7 Å². The maximum atomic E-state index is 5.34. The highest BCUT2D eigenvalue weighted by atomic mass is 35.5. The predicted molar refractivity (Wildman–Crippen MR) is 39.4 cm³/mol. The fourth-order valence-electron chi connectivity index (χ4n) is 0.919. The van der Waals surface area contributed by atoms with Gasteiger partial charge >= 0.3 is 0 Å². The molecule has 0 spiro atoms. The van der Waals surface area contributed by atoms with E-state index in [-0.39, 0.29) is 0 Å². The van der Waals surface area contributed by atoms with Crippen molar-refractivity contribution in [2.24, 2.45) is 0 Å². The summed E-state index contributed by atoms with van der Waals surface area (Å²) < 4.78 is 0. The molecule has 9 heavy (non-hydrogen) atoms. The molecule has 0 aromatic heterocycles. The second-order valence-corrected chi connectivity index (χ2v) is 2.31. The standard InChI is InChI=1S/C6H11ClN2/c7-3-1-2-6-8-4-5-9-6/h1,3,6,8-9H,2,4-5H2/b3-1-. The van der Waals surface area contributed by atoms with Crippen LogP contribution in [0.25, 0.3) is 0 Å². The van der Waals surface area contributed by atoms with E-state index >= 15 is 0 Å². The average molecular weight is 147 g/mol. The predicted octanol–water partition coefficient (Wildman–Crippen LogP) is 0.648. The Kier molecular flexibility index (Phi) is 3.04. The third kappa shape index (κ3) is 2.35. The summed E-state index contributed by atoms with van der Waals surface area (Å²) in [6.07, 6.45) is 3.36. The highest BCUT2D eigenvalue weighted by Gasteiger charge is 2.09. The topological polar surface area (TPSA) is 24.1 Å². The summed E-state index contributed by atoms with van der Waals surface area (Å²) in [7, 11) is 0. The molecule has 0 atom stereocenters. The Hall–Kier alpha value is -0.0500. The molecule has 1 aliphatic rings. The van der Waals surface area contributed by atoms with E-state index in [9.17, 15) is 0 Å². The molecule has 1 saturated heterocycles. The minimum atomic E-state index is 0.444. The zero-order chi connectivity index (χ0) is 6.53. The molecule has 0 aromatic carbocycles. The van der Waals surface area contributed by atoms with E-state index in [1.54, 1.807) is 5.54 Å². The Morgan fingerprint density at radius 3 is 2.67 bits per heavy atom. The molecule has 0 unspecified atom stereocenters. The van der Waals surface area contributed by atoms with Crippen LogP contribution in [0.1, 0.15) is 6.42 Å². The van der Waals surface area contributed by atoms with E-state index in [0.29, 0.717) is 6.17 Å². The van der Waals surface area contributed by atoms with Crippen molar-refractivity contribution in [3.05, 3.63) is 11.6 Å². The van der Waals surface area contributed by atoms with Crippen LogP contribution in [0.5, 0.6) is 0 Å². The molecule has 52 valence electrons. The first-order chi connectivity index (χ1) is 4.43. The quantitative estimate of drug-likeness (QED) is 0.598. The summed E-state index contributed by atoms with van der Waals surface area (Å²) in [5, 5.41) is 6.54. The van der Waals surface area contributed by atoms with E-state index < -0.39 is 0 Å². The van der Waals surface area contributed by atoms with Crippen molar-refractivity contribution < 1.29 is 0 Å². The van der Waals surface area contributed by atoms with Crippen molar-refractivity contribution >= 4 is 11.6 Å². The van der Waals surface area contributed by atoms with Gasteiger partial charge in [0.2, 0.25) is 0 Å². The Balaban J connectivity index is 2.11. The first-order valence-electron chi connectivity index (χ1n) is 3.15. The molecule has 3 heteroatoms. The van der Waals surface area contributed by atoms with Crippen LogP contribution in [0.2, 0.25) is 0 Å². The van der Waals surface area contributed by atoms with Crippen LogP contribution < -0.4 is 10.6 Å². The van der Waals surface area contributed by atoms with Crippen molar-refractivity contribution in [2.75, 3.05) is 13.1 Å². The second-order valence-electron chi connectivity index (χ2n) is 2.06. The van der Waals surface area contributed by atoms with E-state index in [0.717, 1.165) is 19.5 Å². The van der Waals surface area contributed by atoms with Gasteiger partial charge in [-0.25, -0.2) is 0 Å². The molecule has 2 nitrogen and oxygen atoms in total. The Bertz CT molecular complexity index is 97.2. The van der Waals surface area contributed by atoms with E-state index in [4.69, 9.17) is 11.6 Å². The fraction of sp³-hybridized carbons (Fsp3) is 0.667. The van der Waals surface area contributed by atoms with Crippen molar-refractivity contribution in [2.45, 2.75) is 12.6 Å². The lowest BCUT2D eigenvalue weighted by Crippen LogP contribution is -2.29. The number of hydrogen-bond acceptors (Lipinski definition) is 2. The van der Waals surface area contributed by atoms with Crippen LogP contribution >= 0.6 is 11.6 Å². The molecule has 0 aliphatic carbocycles. The summed E-state index contributed by atoms with van der Waals surface area (Å²) in [4.78, 5) is 0. The van der Waals surface area contributed by atoms with E-state index in [1.165, 1.54) is 0 Å². The van der Waals surface area contributed by atoms with Crippen LogP contribution in [0.15, 0.2) is 11.6 Å². The van der Waals surface area contributed by atoms with Gasteiger partial charge < -0.3 is 10.6 Å². The van der Waals surface area contributed by atoms with Crippen LogP contribution in [-0.2, 0) is 0 Å². The Labute approximate surface area is 60.3 Å². The van der Waals surface area contributed by atoms with Gasteiger partial charge in [-0.3, -0.25) is 0 Å². The normalized spacial score (nSPS) is 21.9. The summed E-state index contributed by atoms with van der Waals surface area (Å²) in [6, 6.07) is 0. The molecular formula is C6H11ClN2. The third-order valence-electron chi connectivity index (χ3n) is 1.37. The van der Waals surface area contributed by atoms with Gasteiger partial charge in [0.1, 0.15) is 0 Å². The number of nitrogens with one attached hydrogen (secondary N) is 2. The summed E-state index contributed by atoms with van der Waals surface area (Å²) >= 11 is 5.34. The van der Waals surface area contributed by atoms with Gasteiger partial charge in [0.15, 0.2) is 0 Å². The average Bonchev–Trinajstić information content (AvgIpc) is 2.34. The Morgan fingerprint density at radius 2 is 2.11 bits per heavy atom. The third-order valence-corrected chi connectivity index (χ3v) is 1.55. The molecule has 0 aromatic rings. The highest BCUT2D eigenvalue weighted by molar-refractivity contribution is 6.25. The van der Waals surface area contributed by atoms with E-state index in [1.807, 2.05) is 6.08 Å². The molecule has 1 fully saturated rings. The molecule has 0 bridgehead atoms. The molecule has 2 N–H and O–H groups in total. The van der Waals surface area contributed by atoms with Gasteiger partial charge in [-0.2, -0.15) is 0 Å². The van der Waals surface area contributed by atoms with E-state index in [2.05, 4.69) is 10.6 Å². The largest absolute Gasteiger partial charge is 0.300 e. The van der Waals surface area contributed by atoms with Crippen LogP contribution in [0.3, 0.4) is 0 Å². The highest BCUT2D eigenvalue weighted by Crippen LogP contribution is 1.94. The molecule has 0 saturated carbocycles. The SMILES string of the molecule is Cl/C=C\CC1NCCN1. The molecule has 1 rings (SSSR count). The lowest BCUT2D eigenvalue weighted by Gasteiger charge is -2.05. The van der Waals surface area contributed by atoms with Crippen LogP contribution in [0.4, 0.5) is 0 Å². The van der Waals surface area contributed by atoms with Crippen LogP contribution in [-0.4, -0.2) is 19.3 Å². The summed E-state index contributed by atoms with van der Waals surface area (Å²) in [5.74, 6) is 0. The zero-order valence-corrected chi connectivity index (χ0v) is 5.99. The molecule has 1 heterocycles. The fourth-order valence-corrected chi connectivity index (χ4v) is 1.02. The molecule has 0 radical (unpaired) electrons. The zero-order valence-electron chi connectivity index (χ0n) is 5.23. The monoisotopic (exact) mass is 146 g/mol. The number of rotatable bonds is 2. The minimum Gasteiger partial charge on any atom is -0.300 e. The minimum absolute atomic E-state index is 0.444. The number of hydrogen-bond donors (Lipinski definition) is 2. The molecular weight excluding hydrogens is 136 g/mol. The maximum Gasteiger partial charge on any atom is 0.0608 e. The summed E-state index contributed by atoms with van der Waals surface area (Å²) in [6.45, 7) is 2.14. The van der Waals surface area contributed by atoms with Gasteiger partial charge in [0, 0.05) is 18.6 Å². The first-order valence-corrected chi connectivity index (χ1v) is 3.59. The van der Waals surface area contributed by atoms with Gasteiger partial charge in [0.05, 0.1) is 6.17 Å². The maximum absolute atomic E-state index is 5.34. The second kappa shape index (κ2) is 3.88. The van der Waals surface area contributed by atoms with Gasteiger partial charge in [-0.05, 0) is 6.42 Å². The van der Waals surface area contributed by atoms with Crippen molar-refractivity contribution in [1.82, 2.24) is 10.6 Å². The smallest absolute Gasteiger partial charge is 0.0608 e.